The van der Waals surface area contributed by atoms with Gasteiger partial charge in [0, 0.05) is 25.8 Å². The highest BCUT2D eigenvalue weighted by Crippen LogP contribution is 2.33. The highest BCUT2D eigenvalue weighted by molar-refractivity contribution is 5.94. The zero-order valence-electron chi connectivity index (χ0n) is 20.7. The molecule has 1 aromatic heterocycles. The number of carbonyl (C=O) groups is 1. The number of pyridine rings is 1. The van der Waals surface area contributed by atoms with Crippen LogP contribution in [0.2, 0.25) is 0 Å². The van der Waals surface area contributed by atoms with Crippen LogP contribution in [0.3, 0.4) is 0 Å². The van der Waals surface area contributed by atoms with Crippen LogP contribution < -0.4 is 10.1 Å². The molecule has 0 unspecified atom stereocenters. The van der Waals surface area contributed by atoms with E-state index in [1.165, 1.54) is 31.0 Å². The number of likely N-dealkylation sites (tertiary alicyclic amines) is 1. The Morgan fingerprint density at radius 2 is 1.69 bits per heavy atom. The zero-order valence-corrected chi connectivity index (χ0v) is 20.7. The Morgan fingerprint density at radius 1 is 1.06 bits per heavy atom. The smallest absolute Gasteiger partial charge is 0.253 e. The fraction of sp³-hybridized carbons (Fsp3) is 0.310. The second kappa shape index (κ2) is 11.9. The molecule has 3 aromatic rings. The zero-order chi connectivity index (χ0) is 25.5. The highest BCUT2D eigenvalue weighted by atomic mass is 19.1. The molecular formula is C29H32FN3O3. The third kappa shape index (κ3) is 6.17. The summed E-state index contributed by atoms with van der Waals surface area (Å²) in [6.07, 6.45) is 4.87. The maximum atomic E-state index is 13.7. The van der Waals surface area contributed by atoms with E-state index in [2.05, 4.69) is 27.3 Å². The molecule has 0 saturated carbocycles. The summed E-state index contributed by atoms with van der Waals surface area (Å²) in [6, 6.07) is 16.3. The molecule has 2 heterocycles. The summed E-state index contributed by atoms with van der Waals surface area (Å²) in [7, 11) is 1.54. The number of nitrogens with zero attached hydrogens (tertiary/aromatic N) is 2. The van der Waals surface area contributed by atoms with Crippen LogP contribution in [-0.4, -0.2) is 54.2 Å². The van der Waals surface area contributed by atoms with Crippen LogP contribution in [-0.2, 0) is 0 Å². The third-order valence-corrected chi connectivity index (χ3v) is 6.62. The van der Waals surface area contributed by atoms with Crippen molar-refractivity contribution >= 4 is 11.5 Å². The van der Waals surface area contributed by atoms with Crippen molar-refractivity contribution in [2.24, 2.45) is 0 Å². The Hall–Kier alpha value is -3.55. The van der Waals surface area contributed by atoms with Gasteiger partial charge in [-0.25, -0.2) is 4.39 Å². The number of halogens is 1. The van der Waals surface area contributed by atoms with E-state index in [0.29, 0.717) is 17.9 Å². The van der Waals surface area contributed by atoms with Crippen molar-refractivity contribution in [3.8, 4) is 5.75 Å². The van der Waals surface area contributed by atoms with Gasteiger partial charge >= 0.3 is 0 Å². The van der Waals surface area contributed by atoms with Gasteiger partial charge in [-0.3, -0.25) is 9.78 Å². The second-order valence-electron chi connectivity index (χ2n) is 8.98. The first-order valence-electron chi connectivity index (χ1n) is 12.2. The molecule has 2 aromatic carbocycles. The van der Waals surface area contributed by atoms with Gasteiger partial charge in [0.15, 0.2) is 0 Å². The predicted molar refractivity (Wildman–Crippen MR) is 138 cm³/mol. The molecule has 7 heteroatoms. The Labute approximate surface area is 211 Å². The van der Waals surface area contributed by atoms with Gasteiger partial charge in [-0.05, 0) is 60.2 Å². The third-order valence-electron chi connectivity index (χ3n) is 6.62. The van der Waals surface area contributed by atoms with Crippen molar-refractivity contribution in [1.29, 1.82) is 0 Å². The molecule has 1 aliphatic heterocycles. The topological polar surface area (TPSA) is 74.7 Å². The number of piperidine rings is 1. The highest BCUT2D eigenvalue weighted by Gasteiger charge is 2.19. The standard InChI is InChI=1S/C29H32FN3O3/c1-20(32-29(35)25-17-27(36-2)19-31-18-25)21-3-5-22(6-4-21)28(23-7-9-26(30)10-8-23)24-11-13-33(14-12-24)15-16-34/h3-10,17-20,34H,11-16H2,1-2H3,(H,32,35)/t20-/m1/s1. The van der Waals surface area contributed by atoms with Crippen molar-refractivity contribution < 1.29 is 19.0 Å². The molecule has 0 spiro atoms. The minimum atomic E-state index is -0.257. The van der Waals surface area contributed by atoms with E-state index in [1.807, 2.05) is 31.2 Å². The molecule has 36 heavy (non-hydrogen) atoms. The Kier molecular flexibility index (Phi) is 8.46. The number of aliphatic hydroxyl groups is 1. The summed E-state index contributed by atoms with van der Waals surface area (Å²) >= 11 is 0. The lowest BCUT2D eigenvalue weighted by atomic mass is 9.87. The van der Waals surface area contributed by atoms with Gasteiger partial charge in [-0.2, -0.15) is 0 Å². The molecular weight excluding hydrogens is 457 g/mol. The normalized spacial score (nSPS) is 14.8. The predicted octanol–water partition coefficient (Wildman–Crippen LogP) is 4.61. The Morgan fingerprint density at radius 3 is 2.31 bits per heavy atom. The van der Waals surface area contributed by atoms with Crippen LogP contribution in [0.5, 0.6) is 5.75 Å². The van der Waals surface area contributed by atoms with Crippen molar-refractivity contribution in [2.75, 3.05) is 33.4 Å². The van der Waals surface area contributed by atoms with Crippen LogP contribution in [0, 0.1) is 5.82 Å². The first kappa shape index (κ1) is 25.5. The summed E-state index contributed by atoms with van der Waals surface area (Å²) in [5.41, 5.74) is 5.92. The molecule has 0 radical (unpaired) electrons. The largest absolute Gasteiger partial charge is 0.495 e. The molecule has 1 atom stereocenters. The van der Waals surface area contributed by atoms with Crippen molar-refractivity contribution in [1.82, 2.24) is 15.2 Å². The summed E-state index contributed by atoms with van der Waals surface area (Å²) in [4.78, 5) is 19.0. The summed E-state index contributed by atoms with van der Waals surface area (Å²) in [6.45, 7) is 4.57. The molecule has 188 valence electrons. The molecule has 0 aliphatic carbocycles. The maximum Gasteiger partial charge on any atom is 0.253 e. The number of amides is 1. The van der Waals surface area contributed by atoms with E-state index in [9.17, 15) is 14.3 Å². The average molecular weight is 490 g/mol. The minimum absolute atomic E-state index is 0.161. The maximum absolute atomic E-state index is 13.7. The number of aromatic nitrogens is 1. The number of carbonyl (C=O) groups excluding carboxylic acids is 1. The van der Waals surface area contributed by atoms with Crippen molar-refractivity contribution in [3.05, 3.63) is 101 Å². The van der Waals surface area contributed by atoms with Gasteiger partial charge < -0.3 is 20.1 Å². The summed E-state index contributed by atoms with van der Waals surface area (Å²) < 4.78 is 18.8. The summed E-state index contributed by atoms with van der Waals surface area (Å²) in [5.74, 6) is 0.0527. The Balaban J connectivity index is 1.55. The van der Waals surface area contributed by atoms with E-state index in [1.54, 1.807) is 12.3 Å². The van der Waals surface area contributed by atoms with Gasteiger partial charge in [0.2, 0.25) is 0 Å². The fourth-order valence-corrected chi connectivity index (χ4v) is 4.59. The lowest BCUT2D eigenvalue weighted by Gasteiger charge is -2.29. The number of hydrogen-bond acceptors (Lipinski definition) is 5. The lowest BCUT2D eigenvalue weighted by Crippen LogP contribution is -2.33. The van der Waals surface area contributed by atoms with E-state index >= 15 is 0 Å². The van der Waals surface area contributed by atoms with Crippen LogP contribution in [0.1, 0.15) is 52.9 Å². The number of methoxy groups -OCH3 is 1. The minimum Gasteiger partial charge on any atom is -0.495 e. The Bertz CT molecular complexity index is 1200. The van der Waals surface area contributed by atoms with Crippen LogP contribution >= 0.6 is 0 Å². The van der Waals surface area contributed by atoms with Gasteiger partial charge in [0.1, 0.15) is 11.6 Å². The first-order valence-corrected chi connectivity index (χ1v) is 12.2. The quantitative estimate of drug-likeness (QED) is 0.483. The number of aliphatic hydroxyl groups excluding tert-OH is 1. The van der Waals surface area contributed by atoms with Crippen LogP contribution in [0.15, 0.2) is 72.6 Å². The van der Waals surface area contributed by atoms with Crippen LogP contribution in [0.25, 0.3) is 5.57 Å². The van der Waals surface area contributed by atoms with Crippen molar-refractivity contribution in [2.45, 2.75) is 25.8 Å². The number of ether oxygens (including phenoxy) is 1. The van der Waals surface area contributed by atoms with Crippen LogP contribution in [0.4, 0.5) is 4.39 Å². The molecule has 1 aliphatic rings. The van der Waals surface area contributed by atoms with Gasteiger partial charge in [-0.15, -0.1) is 0 Å². The SMILES string of the molecule is COc1cncc(C(=O)N[C@H](C)c2ccc(C(=C3CCN(CCO)CC3)c3ccc(F)cc3)cc2)c1. The lowest BCUT2D eigenvalue weighted by molar-refractivity contribution is 0.0939. The fourth-order valence-electron chi connectivity index (χ4n) is 4.59. The molecule has 1 saturated heterocycles. The van der Waals surface area contributed by atoms with Gasteiger partial charge in [0.05, 0.1) is 31.5 Å². The monoisotopic (exact) mass is 489 g/mol. The van der Waals surface area contributed by atoms with Gasteiger partial charge in [0.25, 0.3) is 5.91 Å². The molecule has 1 fully saturated rings. The van der Waals surface area contributed by atoms with Crippen molar-refractivity contribution in [3.63, 3.8) is 0 Å². The number of β-amino-alcohol motifs (C(OH)–C–C–N with tert-alkyl or cyclic N) is 1. The molecule has 4 rings (SSSR count). The van der Waals surface area contributed by atoms with E-state index < -0.39 is 0 Å². The van der Waals surface area contributed by atoms with E-state index in [0.717, 1.165) is 48.2 Å². The number of nitrogens with one attached hydrogen (secondary N) is 1. The number of hydrogen-bond donors (Lipinski definition) is 2. The molecule has 6 nitrogen and oxygen atoms in total. The molecule has 0 bridgehead atoms. The van der Waals surface area contributed by atoms with E-state index in [4.69, 9.17) is 4.74 Å². The summed E-state index contributed by atoms with van der Waals surface area (Å²) in [5, 5.41) is 12.3. The number of benzene rings is 2. The molecule has 1 amide bonds. The number of rotatable bonds is 8. The first-order chi connectivity index (χ1) is 17.5. The molecule has 2 N–H and O–H groups in total. The average Bonchev–Trinajstić information content (AvgIpc) is 2.91. The van der Waals surface area contributed by atoms with Gasteiger partial charge in [-0.1, -0.05) is 42.0 Å². The van der Waals surface area contributed by atoms with E-state index in [-0.39, 0.29) is 24.4 Å². The second-order valence-corrected chi connectivity index (χ2v) is 8.98.